The molecule has 0 saturated carbocycles. The van der Waals surface area contributed by atoms with Crippen LogP contribution in [-0.2, 0) is 33.4 Å². The van der Waals surface area contributed by atoms with E-state index in [1.807, 2.05) is 30.0 Å². The number of hydrogen-bond acceptors (Lipinski definition) is 6. The lowest BCUT2D eigenvalue weighted by Gasteiger charge is -2.35. The van der Waals surface area contributed by atoms with Gasteiger partial charge in [-0.25, -0.2) is 13.1 Å². The average Bonchev–Trinajstić information content (AvgIpc) is 3.10. The molecule has 0 saturated heterocycles. The zero-order valence-corrected chi connectivity index (χ0v) is 22.2. The van der Waals surface area contributed by atoms with Crippen molar-refractivity contribution in [1.29, 1.82) is 0 Å². The van der Waals surface area contributed by atoms with Gasteiger partial charge in [0.15, 0.2) is 0 Å². The van der Waals surface area contributed by atoms with Crippen LogP contribution in [0.1, 0.15) is 47.2 Å². The van der Waals surface area contributed by atoms with Crippen LogP contribution in [0.25, 0.3) is 0 Å². The van der Waals surface area contributed by atoms with Gasteiger partial charge in [0.25, 0.3) is 15.9 Å². The molecule has 36 heavy (non-hydrogen) atoms. The molecule has 3 aromatic rings. The van der Waals surface area contributed by atoms with Gasteiger partial charge in [0, 0.05) is 24.3 Å². The highest BCUT2D eigenvalue weighted by atomic mass is 32.2. The summed E-state index contributed by atoms with van der Waals surface area (Å²) in [6, 6.07) is 15.6. The molecule has 1 heterocycles. The summed E-state index contributed by atoms with van der Waals surface area (Å²) >= 11 is 0. The molecule has 190 valence electrons. The number of carbonyl (C=O) groups excluding carboxylic acids is 1. The van der Waals surface area contributed by atoms with Gasteiger partial charge in [-0.1, -0.05) is 29.8 Å². The Balaban J connectivity index is 1.78. The highest BCUT2D eigenvalue weighted by molar-refractivity contribution is 7.90. The highest BCUT2D eigenvalue weighted by Gasteiger charge is 2.49. The van der Waals surface area contributed by atoms with E-state index in [1.54, 1.807) is 6.92 Å². The number of anilines is 1. The molecule has 0 aliphatic carbocycles. The molecule has 0 spiro atoms. The minimum atomic E-state index is -4.11. The van der Waals surface area contributed by atoms with Crippen LogP contribution in [0.3, 0.4) is 0 Å². The van der Waals surface area contributed by atoms with Gasteiger partial charge in [-0.2, -0.15) is 0 Å². The van der Waals surface area contributed by atoms with Crippen LogP contribution in [0, 0.1) is 20.8 Å². The molecule has 1 amide bonds. The van der Waals surface area contributed by atoms with Crippen molar-refractivity contribution in [3.05, 3.63) is 88.0 Å². The van der Waals surface area contributed by atoms with E-state index in [4.69, 9.17) is 10.5 Å². The van der Waals surface area contributed by atoms with Crippen LogP contribution in [-0.4, -0.2) is 25.8 Å². The molecule has 0 fully saturated rings. The molecule has 1 unspecified atom stereocenters. The SMILES string of the molecule is CCOc1cccc2c1CN(Cc1c(C)cc(C)cc1C)C2(C)C(=O)NS(=O)(=O)c1ccc(N)cc1. The Morgan fingerprint density at radius 1 is 1.08 bits per heavy atom. The molecule has 4 rings (SSSR count). The number of aryl methyl sites for hydroxylation is 3. The largest absolute Gasteiger partial charge is 0.494 e. The van der Waals surface area contributed by atoms with E-state index in [0.29, 0.717) is 31.1 Å². The quantitative estimate of drug-likeness (QED) is 0.462. The Morgan fingerprint density at radius 3 is 2.33 bits per heavy atom. The van der Waals surface area contributed by atoms with Gasteiger partial charge in [-0.05, 0) is 87.2 Å². The fourth-order valence-corrected chi connectivity index (χ4v) is 6.11. The summed E-state index contributed by atoms with van der Waals surface area (Å²) in [7, 11) is -4.11. The fourth-order valence-electron chi connectivity index (χ4n) is 5.05. The van der Waals surface area contributed by atoms with Crippen molar-refractivity contribution in [2.45, 2.75) is 58.1 Å². The van der Waals surface area contributed by atoms with Crippen LogP contribution in [0.2, 0.25) is 0 Å². The Morgan fingerprint density at radius 2 is 1.72 bits per heavy atom. The first-order valence-electron chi connectivity index (χ1n) is 12.0. The van der Waals surface area contributed by atoms with Crippen molar-refractivity contribution < 1.29 is 17.9 Å². The van der Waals surface area contributed by atoms with Crippen LogP contribution in [0.15, 0.2) is 59.5 Å². The van der Waals surface area contributed by atoms with Crippen molar-refractivity contribution in [2.75, 3.05) is 12.3 Å². The molecule has 3 N–H and O–H groups in total. The molecule has 1 aliphatic heterocycles. The van der Waals surface area contributed by atoms with E-state index < -0.39 is 21.5 Å². The maximum atomic E-state index is 13.9. The molecule has 0 bridgehead atoms. The second-order valence-corrected chi connectivity index (χ2v) is 11.2. The van der Waals surface area contributed by atoms with Gasteiger partial charge in [-0.3, -0.25) is 9.69 Å². The molecule has 1 aliphatic rings. The molecule has 0 radical (unpaired) electrons. The number of nitrogens with two attached hydrogens (primary N) is 1. The second-order valence-electron chi connectivity index (χ2n) is 9.52. The van der Waals surface area contributed by atoms with Crippen molar-refractivity contribution in [3.63, 3.8) is 0 Å². The van der Waals surface area contributed by atoms with E-state index in [2.05, 4.69) is 37.6 Å². The number of hydrogen-bond donors (Lipinski definition) is 2. The number of nitrogens with zero attached hydrogens (tertiary/aromatic N) is 1. The third-order valence-corrected chi connectivity index (χ3v) is 8.33. The average molecular weight is 508 g/mol. The van der Waals surface area contributed by atoms with E-state index in [-0.39, 0.29) is 4.90 Å². The number of fused-ring (bicyclic) bond motifs is 1. The van der Waals surface area contributed by atoms with Gasteiger partial charge >= 0.3 is 0 Å². The molecule has 3 aromatic carbocycles. The number of amides is 1. The lowest BCUT2D eigenvalue weighted by Crippen LogP contribution is -2.52. The predicted molar refractivity (Wildman–Crippen MR) is 141 cm³/mol. The molecule has 7 nitrogen and oxygen atoms in total. The van der Waals surface area contributed by atoms with Gasteiger partial charge in [0.1, 0.15) is 11.3 Å². The monoisotopic (exact) mass is 507 g/mol. The minimum Gasteiger partial charge on any atom is -0.494 e. The number of nitrogens with one attached hydrogen (secondary N) is 1. The zero-order valence-electron chi connectivity index (χ0n) is 21.4. The van der Waals surface area contributed by atoms with Crippen LogP contribution < -0.4 is 15.2 Å². The van der Waals surface area contributed by atoms with Gasteiger partial charge < -0.3 is 10.5 Å². The Labute approximate surface area is 213 Å². The van der Waals surface area contributed by atoms with Crippen molar-refractivity contribution in [2.24, 2.45) is 0 Å². The van der Waals surface area contributed by atoms with Crippen LogP contribution in [0.5, 0.6) is 5.75 Å². The third kappa shape index (κ3) is 4.58. The summed E-state index contributed by atoms with van der Waals surface area (Å²) in [5.41, 5.74) is 11.1. The standard InChI is InChI=1S/C28H33N3O4S/c1-6-35-26-9-7-8-25-24(26)17-31(16-23-19(3)14-18(2)15-20(23)4)28(25,5)27(32)30-36(33,34)22-12-10-21(29)11-13-22/h7-15H,6,16-17,29H2,1-5H3,(H,30,32). The molecule has 1 atom stereocenters. The maximum Gasteiger partial charge on any atom is 0.264 e. The van der Waals surface area contributed by atoms with E-state index >= 15 is 0 Å². The molecular formula is C28H33N3O4S. The first-order chi connectivity index (χ1) is 17.0. The number of carbonyl (C=O) groups is 1. The molecule has 8 heteroatoms. The Bertz CT molecular complexity index is 1390. The predicted octanol–water partition coefficient (Wildman–Crippen LogP) is 4.33. The van der Waals surface area contributed by atoms with Crippen molar-refractivity contribution in [3.8, 4) is 5.75 Å². The minimum absolute atomic E-state index is 0.0216. The number of nitrogen functional groups attached to an aromatic ring is 1. The summed E-state index contributed by atoms with van der Waals surface area (Å²) in [6.07, 6.45) is 0. The summed E-state index contributed by atoms with van der Waals surface area (Å²) in [6.45, 7) is 11.3. The first-order valence-corrected chi connectivity index (χ1v) is 13.5. The van der Waals surface area contributed by atoms with Gasteiger partial charge in [0.05, 0.1) is 11.5 Å². The summed E-state index contributed by atoms with van der Waals surface area (Å²) in [5.74, 6) is 0.0874. The summed E-state index contributed by atoms with van der Waals surface area (Å²) < 4.78 is 34.5. The van der Waals surface area contributed by atoms with Crippen LogP contribution >= 0.6 is 0 Å². The Kier molecular flexibility index (Phi) is 6.86. The topological polar surface area (TPSA) is 102 Å². The zero-order chi connectivity index (χ0) is 26.3. The fraction of sp³-hybridized carbons (Fsp3) is 0.321. The second kappa shape index (κ2) is 9.59. The lowest BCUT2D eigenvalue weighted by atomic mass is 9.89. The summed E-state index contributed by atoms with van der Waals surface area (Å²) in [5, 5.41) is 0. The van der Waals surface area contributed by atoms with E-state index in [9.17, 15) is 13.2 Å². The maximum absolute atomic E-state index is 13.9. The third-order valence-electron chi connectivity index (χ3n) is 6.99. The van der Waals surface area contributed by atoms with Crippen LogP contribution in [0.4, 0.5) is 5.69 Å². The highest BCUT2D eigenvalue weighted by Crippen LogP contribution is 2.44. The number of benzene rings is 3. The smallest absolute Gasteiger partial charge is 0.264 e. The van der Waals surface area contributed by atoms with Crippen molar-refractivity contribution in [1.82, 2.24) is 9.62 Å². The Hall–Kier alpha value is -3.36. The number of ether oxygens (including phenoxy) is 1. The summed E-state index contributed by atoms with van der Waals surface area (Å²) in [4.78, 5) is 15.9. The number of sulfonamides is 1. The first kappa shape index (κ1) is 25.7. The lowest BCUT2D eigenvalue weighted by molar-refractivity contribution is -0.131. The normalized spacial score (nSPS) is 17.6. The number of rotatable bonds is 7. The van der Waals surface area contributed by atoms with E-state index in [1.165, 1.54) is 29.8 Å². The van der Waals surface area contributed by atoms with Gasteiger partial charge in [0.2, 0.25) is 0 Å². The molecule has 0 aromatic heterocycles. The van der Waals surface area contributed by atoms with Crippen molar-refractivity contribution >= 4 is 21.6 Å². The van der Waals surface area contributed by atoms with E-state index in [0.717, 1.165) is 27.8 Å². The van der Waals surface area contributed by atoms with Gasteiger partial charge in [-0.15, -0.1) is 0 Å². The molecular weight excluding hydrogens is 474 g/mol.